The Morgan fingerprint density at radius 1 is 1.47 bits per heavy atom. The molecular weight excluding hydrogens is 264 g/mol. The third-order valence-electron chi connectivity index (χ3n) is 3.81. The summed E-state index contributed by atoms with van der Waals surface area (Å²) in [5.41, 5.74) is 0. The summed E-state index contributed by atoms with van der Waals surface area (Å²) in [5, 5.41) is 6.23. The summed E-state index contributed by atoms with van der Waals surface area (Å²) in [6.45, 7) is 4.98. The number of aromatic amines is 1. The smallest absolute Gasteiger partial charge is 0.245 e. The first-order chi connectivity index (χ1) is 9.01. The van der Waals surface area contributed by atoms with Crippen molar-refractivity contribution in [1.29, 1.82) is 0 Å². The highest BCUT2D eigenvalue weighted by Crippen LogP contribution is 2.16. The molecule has 1 fully saturated rings. The van der Waals surface area contributed by atoms with E-state index in [1.165, 1.54) is 29.5 Å². The molecule has 1 aromatic heterocycles. The van der Waals surface area contributed by atoms with E-state index in [2.05, 4.69) is 22.0 Å². The number of likely N-dealkylation sites (tertiary alicyclic amines) is 1. The quantitative estimate of drug-likeness (QED) is 0.844. The van der Waals surface area contributed by atoms with Gasteiger partial charge in [0.1, 0.15) is 4.90 Å². The fourth-order valence-corrected chi connectivity index (χ4v) is 3.51. The molecule has 1 atom stereocenters. The number of sulfonamides is 1. The molecule has 2 heterocycles. The van der Waals surface area contributed by atoms with Gasteiger partial charge in [0.25, 0.3) is 0 Å². The lowest BCUT2D eigenvalue weighted by Crippen LogP contribution is -2.35. The van der Waals surface area contributed by atoms with Crippen molar-refractivity contribution in [2.45, 2.75) is 37.1 Å². The fraction of sp³-hybridized carbons (Fsp3) is 0.750. The van der Waals surface area contributed by atoms with E-state index in [1.54, 1.807) is 7.05 Å². The lowest BCUT2D eigenvalue weighted by Gasteiger charge is -2.25. The molecule has 0 saturated carbocycles. The van der Waals surface area contributed by atoms with Gasteiger partial charge in [-0.2, -0.15) is 5.10 Å². The van der Waals surface area contributed by atoms with Crippen LogP contribution in [0.5, 0.6) is 0 Å². The second kappa shape index (κ2) is 6.02. The van der Waals surface area contributed by atoms with Crippen molar-refractivity contribution in [2.75, 3.05) is 26.7 Å². The first kappa shape index (κ1) is 14.5. The molecule has 1 saturated heterocycles. The van der Waals surface area contributed by atoms with E-state index in [0.717, 1.165) is 19.5 Å². The normalized spacial score (nSPS) is 19.1. The van der Waals surface area contributed by atoms with Crippen LogP contribution >= 0.6 is 0 Å². The van der Waals surface area contributed by atoms with Crippen LogP contribution in [0, 0.1) is 0 Å². The molecule has 1 aliphatic heterocycles. The average molecular weight is 286 g/mol. The van der Waals surface area contributed by atoms with E-state index in [-0.39, 0.29) is 4.90 Å². The lowest BCUT2D eigenvalue weighted by atomic mass is 10.2. The number of rotatable bonds is 6. The lowest BCUT2D eigenvalue weighted by molar-refractivity contribution is 0.237. The van der Waals surface area contributed by atoms with Crippen LogP contribution in [0.2, 0.25) is 0 Å². The zero-order valence-corrected chi connectivity index (χ0v) is 12.4. The van der Waals surface area contributed by atoms with Crippen LogP contribution in [-0.2, 0) is 10.0 Å². The van der Waals surface area contributed by atoms with Crippen molar-refractivity contribution < 1.29 is 8.42 Å². The van der Waals surface area contributed by atoms with Crippen LogP contribution in [0.4, 0.5) is 0 Å². The third kappa shape index (κ3) is 3.34. The zero-order valence-electron chi connectivity index (χ0n) is 11.5. The van der Waals surface area contributed by atoms with Gasteiger partial charge < -0.3 is 4.90 Å². The number of hydrogen-bond donors (Lipinski definition) is 1. The minimum Gasteiger partial charge on any atom is -0.301 e. The number of aromatic nitrogens is 2. The number of H-pyrrole nitrogens is 1. The van der Waals surface area contributed by atoms with E-state index in [9.17, 15) is 8.42 Å². The molecule has 7 heteroatoms. The van der Waals surface area contributed by atoms with Crippen LogP contribution in [0.15, 0.2) is 17.3 Å². The standard InChI is InChI=1S/C12H22N4O2S/c1-11(16-6-3-4-7-16)5-8-15(2)19(17,18)12-9-13-14-10-12/h9-11H,3-8H2,1-2H3,(H,13,14). The van der Waals surface area contributed by atoms with Gasteiger partial charge in [0.05, 0.1) is 6.20 Å². The Labute approximate surface area is 114 Å². The summed E-state index contributed by atoms with van der Waals surface area (Å²) in [6.07, 6.45) is 6.13. The summed E-state index contributed by atoms with van der Waals surface area (Å²) < 4.78 is 25.8. The van der Waals surface area contributed by atoms with Crippen LogP contribution in [0.3, 0.4) is 0 Å². The Bertz CT molecular complexity index is 480. The predicted molar refractivity (Wildman–Crippen MR) is 73.3 cm³/mol. The summed E-state index contributed by atoms with van der Waals surface area (Å²) in [6, 6.07) is 0.435. The van der Waals surface area contributed by atoms with Gasteiger partial charge in [0.2, 0.25) is 10.0 Å². The van der Waals surface area contributed by atoms with Crippen molar-refractivity contribution in [2.24, 2.45) is 0 Å². The Hall–Kier alpha value is -0.920. The third-order valence-corrected chi connectivity index (χ3v) is 5.63. The summed E-state index contributed by atoms with van der Waals surface area (Å²) in [4.78, 5) is 2.65. The predicted octanol–water partition coefficient (Wildman–Crippen LogP) is 0.905. The number of nitrogens with one attached hydrogen (secondary N) is 1. The molecule has 0 bridgehead atoms. The molecule has 2 rings (SSSR count). The van der Waals surface area contributed by atoms with E-state index in [1.807, 2.05) is 0 Å². The first-order valence-electron chi connectivity index (χ1n) is 6.71. The topological polar surface area (TPSA) is 69.3 Å². The van der Waals surface area contributed by atoms with E-state index in [0.29, 0.717) is 12.6 Å². The molecule has 0 amide bonds. The van der Waals surface area contributed by atoms with Gasteiger partial charge in [-0.25, -0.2) is 12.7 Å². The summed E-state index contributed by atoms with van der Waals surface area (Å²) in [5.74, 6) is 0. The highest BCUT2D eigenvalue weighted by atomic mass is 32.2. The molecule has 19 heavy (non-hydrogen) atoms. The Balaban J connectivity index is 1.89. The Morgan fingerprint density at radius 3 is 2.74 bits per heavy atom. The van der Waals surface area contributed by atoms with Crippen molar-refractivity contribution >= 4 is 10.0 Å². The van der Waals surface area contributed by atoms with Crippen molar-refractivity contribution in [3.8, 4) is 0 Å². The molecule has 1 aromatic rings. The van der Waals surface area contributed by atoms with E-state index < -0.39 is 10.0 Å². The maximum Gasteiger partial charge on any atom is 0.245 e. The minimum absolute atomic E-state index is 0.226. The first-order valence-corrected chi connectivity index (χ1v) is 8.15. The summed E-state index contributed by atoms with van der Waals surface area (Å²) >= 11 is 0. The molecule has 0 aromatic carbocycles. The van der Waals surface area contributed by atoms with Gasteiger partial charge in [0.15, 0.2) is 0 Å². The van der Waals surface area contributed by atoms with Crippen molar-refractivity contribution in [1.82, 2.24) is 19.4 Å². The summed E-state index contributed by atoms with van der Waals surface area (Å²) in [7, 11) is -1.77. The molecular formula is C12H22N4O2S. The van der Waals surface area contributed by atoms with Crippen LogP contribution in [0.25, 0.3) is 0 Å². The van der Waals surface area contributed by atoms with E-state index in [4.69, 9.17) is 0 Å². The van der Waals surface area contributed by atoms with Crippen molar-refractivity contribution in [3.63, 3.8) is 0 Å². The molecule has 0 radical (unpaired) electrons. The number of hydrogen-bond acceptors (Lipinski definition) is 4. The van der Waals surface area contributed by atoms with Gasteiger partial charge in [-0.05, 0) is 39.3 Å². The van der Waals surface area contributed by atoms with Gasteiger partial charge in [-0.1, -0.05) is 0 Å². The molecule has 6 nitrogen and oxygen atoms in total. The maximum absolute atomic E-state index is 12.2. The molecule has 0 spiro atoms. The molecule has 1 unspecified atom stereocenters. The second-order valence-electron chi connectivity index (χ2n) is 5.14. The fourth-order valence-electron chi connectivity index (χ4n) is 2.41. The highest BCUT2D eigenvalue weighted by Gasteiger charge is 2.24. The van der Waals surface area contributed by atoms with Gasteiger partial charge >= 0.3 is 0 Å². The van der Waals surface area contributed by atoms with Crippen LogP contribution in [-0.4, -0.2) is 60.5 Å². The molecule has 1 aliphatic rings. The minimum atomic E-state index is -3.39. The zero-order chi connectivity index (χ0) is 13.9. The molecule has 1 N–H and O–H groups in total. The largest absolute Gasteiger partial charge is 0.301 e. The van der Waals surface area contributed by atoms with Crippen LogP contribution in [0.1, 0.15) is 26.2 Å². The molecule has 108 valence electrons. The Kier molecular flexibility index (Phi) is 4.59. The molecule has 0 aliphatic carbocycles. The second-order valence-corrected chi connectivity index (χ2v) is 7.19. The van der Waals surface area contributed by atoms with E-state index >= 15 is 0 Å². The van der Waals surface area contributed by atoms with Crippen molar-refractivity contribution in [3.05, 3.63) is 12.4 Å². The maximum atomic E-state index is 12.2. The number of nitrogens with zero attached hydrogens (tertiary/aromatic N) is 3. The SMILES string of the molecule is CC(CCN(C)S(=O)(=O)c1cn[nH]c1)N1CCCC1. The van der Waals surface area contributed by atoms with Gasteiger partial charge in [0, 0.05) is 25.8 Å². The van der Waals surface area contributed by atoms with Gasteiger partial charge in [-0.15, -0.1) is 0 Å². The monoisotopic (exact) mass is 286 g/mol. The Morgan fingerprint density at radius 2 is 2.16 bits per heavy atom. The van der Waals surface area contributed by atoms with Gasteiger partial charge in [-0.3, -0.25) is 5.10 Å². The average Bonchev–Trinajstić information content (AvgIpc) is 3.06. The van der Waals surface area contributed by atoms with Crippen LogP contribution < -0.4 is 0 Å². The highest BCUT2D eigenvalue weighted by molar-refractivity contribution is 7.89.